The maximum atomic E-state index is 5.14. The van der Waals surface area contributed by atoms with Gasteiger partial charge in [-0.25, -0.2) is 15.0 Å². The van der Waals surface area contributed by atoms with Crippen molar-refractivity contribution in [1.82, 2.24) is 19.5 Å². The van der Waals surface area contributed by atoms with Crippen molar-refractivity contribution in [2.24, 2.45) is 0 Å². The van der Waals surface area contributed by atoms with E-state index in [4.69, 9.17) is 15.0 Å². The van der Waals surface area contributed by atoms with Crippen molar-refractivity contribution in [3.63, 3.8) is 0 Å². The zero-order valence-electron chi connectivity index (χ0n) is 31.3. The van der Waals surface area contributed by atoms with Gasteiger partial charge in [0.25, 0.3) is 0 Å². The van der Waals surface area contributed by atoms with Crippen LogP contribution in [-0.2, 0) is 5.41 Å². The standard InChI is InChI=1S/C54H32N4/c1-2-14-35(15-3-1)51-55-52(57-53(56-51)41-21-10-16-33-13-4-5-18-38(33)41)36-27-30-37(31-28-36)58-46-26-12-25-45-49(46)50-47(58)32-29-34-17-11-24-44(48(34)50)54(45)42-22-8-6-19-39(42)40-20-7-9-23-43(40)54/h1-32H. The van der Waals surface area contributed by atoms with Crippen LogP contribution >= 0.6 is 0 Å². The molecule has 2 heterocycles. The molecule has 13 rings (SSSR count). The number of nitrogens with zero attached hydrogens (tertiary/aromatic N) is 4. The minimum Gasteiger partial charge on any atom is -0.309 e. The van der Waals surface area contributed by atoms with Gasteiger partial charge in [0.05, 0.1) is 16.4 Å². The van der Waals surface area contributed by atoms with Crippen molar-refractivity contribution in [1.29, 1.82) is 0 Å². The van der Waals surface area contributed by atoms with Crippen LogP contribution < -0.4 is 0 Å². The molecule has 1 spiro atoms. The molecule has 4 nitrogen and oxygen atoms in total. The Morgan fingerprint density at radius 1 is 0.328 bits per heavy atom. The van der Waals surface area contributed by atoms with Gasteiger partial charge in [0.1, 0.15) is 0 Å². The largest absolute Gasteiger partial charge is 0.309 e. The van der Waals surface area contributed by atoms with Gasteiger partial charge in [-0.3, -0.25) is 0 Å². The molecule has 11 aromatic rings. The van der Waals surface area contributed by atoms with E-state index in [1.165, 1.54) is 66.0 Å². The number of hydrogen-bond acceptors (Lipinski definition) is 3. The van der Waals surface area contributed by atoms with E-state index in [-0.39, 0.29) is 0 Å². The fourth-order valence-electron chi connectivity index (χ4n) is 10.3. The molecular formula is C54H32N4. The molecule has 0 N–H and O–H groups in total. The Morgan fingerprint density at radius 2 is 0.862 bits per heavy atom. The number of rotatable bonds is 4. The third kappa shape index (κ3) is 4.10. The minimum atomic E-state index is -0.430. The summed E-state index contributed by atoms with van der Waals surface area (Å²) >= 11 is 0. The molecule has 0 fully saturated rings. The van der Waals surface area contributed by atoms with Gasteiger partial charge in [-0.05, 0) is 91.3 Å². The van der Waals surface area contributed by atoms with Crippen molar-refractivity contribution in [2.45, 2.75) is 5.41 Å². The van der Waals surface area contributed by atoms with Crippen LogP contribution in [0.25, 0.3) is 94.3 Å². The Hall–Kier alpha value is -7.69. The molecular weight excluding hydrogens is 705 g/mol. The van der Waals surface area contributed by atoms with Crippen LogP contribution in [0.4, 0.5) is 0 Å². The van der Waals surface area contributed by atoms with E-state index in [9.17, 15) is 0 Å². The molecule has 0 amide bonds. The van der Waals surface area contributed by atoms with Crippen LogP contribution in [0.2, 0.25) is 0 Å². The summed E-state index contributed by atoms with van der Waals surface area (Å²) in [5.41, 5.74) is 14.0. The highest BCUT2D eigenvalue weighted by atomic mass is 15.0. The first-order valence-electron chi connectivity index (χ1n) is 19.9. The molecule has 58 heavy (non-hydrogen) atoms. The van der Waals surface area contributed by atoms with Gasteiger partial charge >= 0.3 is 0 Å². The summed E-state index contributed by atoms with van der Waals surface area (Å²) in [4.78, 5) is 15.3. The van der Waals surface area contributed by atoms with Crippen molar-refractivity contribution in [3.05, 3.63) is 216 Å². The summed E-state index contributed by atoms with van der Waals surface area (Å²) in [6.07, 6.45) is 0. The Labute approximate surface area is 334 Å². The van der Waals surface area contributed by atoms with Crippen LogP contribution in [0.5, 0.6) is 0 Å². The van der Waals surface area contributed by atoms with Gasteiger partial charge in [0.2, 0.25) is 0 Å². The molecule has 268 valence electrons. The van der Waals surface area contributed by atoms with Crippen LogP contribution in [0.1, 0.15) is 22.3 Å². The van der Waals surface area contributed by atoms with E-state index in [1.54, 1.807) is 0 Å². The highest BCUT2D eigenvalue weighted by molar-refractivity contribution is 6.26. The summed E-state index contributed by atoms with van der Waals surface area (Å²) in [6.45, 7) is 0. The number of benzene rings is 9. The molecule has 2 aliphatic carbocycles. The lowest BCUT2D eigenvalue weighted by Gasteiger charge is -2.37. The molecule has 2 aromatic heterocycles. The zero-order chi connectivity index (χ0) is 38.0. The molecule has 0 aliphatic heterocycles. The molecule has 0 saturated carbocycles. The van der Waals surface area contributed by atoms with Gasteiger partial charge < -0.3 is 4.57 Å². The topological polar surface area (TPSA) is 43.6 Å². The maximum absolute atomic E-state index is 5.14. The molecule has 0 unspecified atom stereocenters. The van der Waals surface area contributed by atoms with E-state index in [0.29, 0.717) is 17.5 Å². The second kappa shape index (κ2) is 11.7. The fraction of sp³-hybridized carbons (Fsp3) is 0.0185. The first-order valence-corrected chi connectivity index (χ1v) is 19.9. The molecule has 0 radical (unpaired) electrons. The van der Waals surface area contributed by atoms with E-state index in [2.05, 4.69) is 180 Å². The first-order chi connectivity index (χ1) is 28.8. The number of aromatic nitrogens is 4. The van der Waals surface area contributed by atoms with Crippen molar-refractivity contribution < 1.29 is 0 Å². The second-order valence-electron chi connectivity index (χ2n) is 15.5. The summed E-state index contributed by atoms with van der Waals surface area (Å²) in [6, 6.07) is 70.1. The fourth-order valence-corrected chi connectivity index (χ4v) is 10.3. The lowest BCUT2D eigenvalue weighted by Crippen LogP contribution is -2.30. The lowest BCUT2D eigenvalue weighted by molar-refractivity contribution is 0.783. The smallest absolute Gasteiger partial charge is 0.164 e. The summed E-state index contributed by atoms with van der Waals surface area (Å²) in [7, 11) is 0. The van der Waals surface area contributed by atoms with Gasteiger partial charge in [-0.2, -0.15) is 0 Å². The van der Waals surface area contributed by atoms with Gasteiger partial charge in [-0.1, -0.05) is 158 Å². The van der Waals surface area contributed by atoms with Crippen molar-refractivity contribution in [2.75, 3.05) is 0 Å². The normalized spacial score (nSPS) is 13.3. The second-order valence-corrected chi connectivity index (χ2v) is 15.5. The van der Waals surface area contributed by atoms with Gasteiger partial charge in [0, 0.05) is 33.2 Å². The van der Waals surface area contributed by atoms with E-state index in [0.717, 1.165) is 33.2 Å². The molecule has 2 aliphatic rings. The highest BCUT2D eigenvalue weighted by Crippen LogP contribution is 2.62. The Morgan fingerprint density at radius 3 is 1.64 bits per heavy atom. The van der Waals surface area contributed by atoms with Crippen molar-refractivity contribution >= 4 is 43.4 Å². The first kappa shape index (κ1) is 31.5. The Bertz CT molecular complexity index is 3460. The maximum Gasteiger partial charge on any atom is 0.164 e. The summed E-state index contributed by atoms with van der Waals surface area (Å²) in [5.74, 6) is 1.95. The minimum absolute atomic E-state index is 0.430. The van der Waals surface area contributed by atoms with Gasteiger partial charge in [0.15, 0.2) is 17.5 Å². The number of hydrogen-bond donors (Lipinski definition) is 0. The van der Waals surface area contributed by atoms with Crippen LogP contribution in [0.15, 0.2) is 194 Å². The molecule has 9 aromatic carbocycles. The zero-order valence-corrected chi connectivity index (χ0v) is 31.3. The monoisotopic (exact) mass is 736 g/mol. The van der Waals surface area contributed by atoms with E-state index < -0.39 is 5.41 Å². The summed E-state index contributed by atoms with van der Waals surface area (Å²) in [5, 5.41) is 7.51. The molecule has 0 bridgehead atoms. The Balaban J connectivity index is 1.03. The Kier molecular flexibility index (Phi) is 6.34. The van der Waals surface area contributed by atoms with E-state index >= 15 is 0 Å². The predicted octanol–water partition coefficient (Wildman–Crippen LogP) is 13.0. The lowest BCUT2D eigenvalue weighted by atomic mass is 9.63. The highest BCUT2D eigenvalue weighted by Gasteiger charge is 2.49. The van der Waals surface area contributed by atoms with Crippen LogP contribution in [-0.4, -0.2) is 19.5 Å². The molecule has 0 atom stereocenters. The number of fused-ring (bicyclic) bond motifs is 8. The third-order valence-corrected chi connectivity index (χ3v) is 12.6. The van der Waals surface area contributed by atoms with Crippen LogP contribution in [0.3, 0.4) is 0 Å². The SMILES string of the molecule is c1ccc(-c2nc(-c3ccc(-n4c5cccc6c5c5c7c(cccc7ccc54)C64c5ccccc5-c5ccccc54)cc3)nc(-c3cccc4ccccc34)n2)cc1. The molecule has 0 saturated heterocycles. The van der Waals surface area contributed by atoms with Gasteiger partial charge in [-0.15, -0.1) is 0 Å². The average molecular weight is 737 g/mol. The predicted molar refractivity (Wildman–Crippen MR) is 236 cm³/mol. The third-order valence-electron chi connectivity index (χ3n) is 12.6. The van der Waals surface area contributed by atoms with Crippen molar-refractivity contribution in [3.8, 4) is 51.0 Å². The van der Waals surface area contributed by atoms with E-state index in [1.807, 2.05) is 18.2 Å². The summed E-state index contributed by atoms with van der Waals surface area (Å²) < 4.78 is 2.45. The van der Waals surface area contributed by atoms with Crippen LogP contribution in [0, 0.1) is 0 Å². The average Bonchev–Trinajstić information content (AvgIpc) is 3.80. The quantitative estimate of drug-likeness (QED) is 0.181. The molecule has 4 heteroatoms.